The van der Waals surface area contributed by atoms with E-state index in [2.05, 4.69) is 13.8 Å². The van der Waals surface area contributed by atoms with Crippen molar-refractivity contribution in [2.24, 2.45) is 40.4 Å². The maximum Gasteiger partial charge on any atom is 0.306 e. The molecule has 26 heavy (non-hydrogen) atoms. The van der Waals surface area contributed by atoms with Crippen molar-refractivity contribution >= 4 is 11.8 Å². The number of rotatable bonds is 2. The van der Waals surface area contributed by atoms with Gasteiger partial charge in [0.1, 0.15) is 5.76 Å². The Morgan fingerprint density at radius 1 is 1.15 bits per heavy atom. The van der Waals surface area contributed by atoms with Crippen molar-refractivity contribution in [1.82, 2.24) is 0 Å². The number of hydrogen-bond acceptors (Lipinski definition) is 3. The largest absolute Gasteiger partial charge is 0.508 e. The predicted molar refractivity (Wildman–Crippen MR) is 98.5 cm³/mol. The van der Waals surface area contributed by atoms with Crippen LogP contribution in [0.15, 0.2) is 23.5 Å². The number of carbonyl (C=O) groups excluding carboxylic acids is 1. The number of aliphatic hydroxyl groups is 1. The minimum Gasteiger partial charge on any atom is -0.508 e. The Hall–Kier alpha value is -1.58. The minimum atomic E-state index is -0.678. The lowest BCUT2D eigenvalue weighted by molar-refractivity contribution is -0.146. The lowest BCUT2D eigenvalue weighted by atomic mass is 9.46. The van der Waals surface area contributed by atoms with E-state index in [0.29, 0.717) is 17.8 Å². The standard InChI is InChI=1S/C22H30O4/c1-12(20(25)26)16-6-7-17-15-5-4-13-10-14(23)11-19(24)22(13,3)18(15)8-9-21(16,17)2/h10-12,15-18,23H,4-9H2,1-3H3,(H,25,26)/t12?,15-,16+,17-,18-,21+,22-/m0/s1. The van der Waals surface area contributed by atoms with Crippen molar-refractivity contribution in [3.05, 3.63) is 23.5 Å². The summed E-state index contributed by atoms with van der Waals surface area (Å²) in [5, 5.41) is 19.4. The molecule has 0 aliphatic heterocycles. The fraction of sp³-hybridized carbons (Fsp3) is 0.727. The molecule has 7 atom stereocenters. The van der Waals surface area contributed by atoms with Gasteiger partial charge in [0.15, 0.2) is 5.78 Å². The van der Waals surface area contributed by atoms with E-state index in [9.17, 15) is 19.8 Å². The van der Waals surface area contributed by atoms with Crippen LogP contribution < -0.4 is 0 Å². The summed E-state index contributed by atoms with van der Waals surface area (Å²) in [6, 6.07) is 0. The van der Waals surface area contributed by atoms with Crippen LogP contribution in [0, 0.1) is 40.4 Å². The molecule has 4 aliphatic rings. The molecule has 2 N–H and O–H groups in total. The van der Waals surface area contributed by atoms with Gasteiger partial charge >= 0.3 is 5.97 Å². The van der Waals surface area contributed by atoms with Crippen LogP contribution in [0.1, 0.15) is 59.3 Å². The monoisotopic (exact) mass is 358 g/mol. The summed E-state index contributed by atoms with van der Waals surface area (Å²) in [5.74, 6) is 0.725. The average Bonchev–Trinajstić information content (AvgIpc) is 2.92. The van der Waals surface area contributed by atoms with Crippen LogP contribution in [-0.4, -0.2) is 22.0 Å². The Bertz CT molecular complexity index is 720. The Balaban J connectivity index is 1.67. The van der Waals surface area contributed by atoms with Gasteiger partial charge in [0.05, 0.1) is 11.3 Å². The molecule has 1 unspecified atom stereocenters. The fourth-order valence-corrected chi connectivity index (χ4v) is 7.33. The third-order valence-electron chi connectivity index (χ3n) is 8.77. The van der Waals surface area contributed by atoms with Crippen molar-refractivity contribution in [3.63, 3.8) is 0 Å². The van der Waals surface area contributed by atoms with E-state index in [1.807, 2.05) is 13.0 Å². The van der Waals surface area contributed by atoms with Gasteiger partial charge in [-0.25, -0.2) is 0 Å². The molecule has 4 heteroatoms. The number of hydrogen-bond donors (Lipinski definition) is 2. The molecule has 3 saturated carbocycles. The van der Waals surface area contributed by atoms with Gasteiger partial charge < -0.3 is 10.2 Å². The first-order valence-corrected chi connectivity index (χ1v) is 10.1. The van der Waals surface area contributed by atoms with E-state index < -0.39 is 11.4 Å². The third kappa shape index (κ3) is 2.20. The van der Waals surface area contributed by atoms with E-state index in [-0.39, 0.29) is 28.8 Å². The number of ketones is 1. The molecule has 4 nitrogen and oxygen atoms in total. The molecule has 0 heterocycles. The summed E-state index contributed by atoms with van der Waals surface area (Å²) < 4.78 is 0. The second kappa shape index (κ2) is 5.71. The summed E-state index contributed by atoms with van der Waals surface area (Å²) >= 11 is 0. The molecule has 0 aromatic carbocycles. The first-order valence-electron chi connectivity index (χ1n) is 10.1. The number of aliphatic carboxylic acids is 1. The number of fused-ring (bicyclic) bond motifs is 5. The summed E-state index contributed by atoms with van der Waals surface area (Å²) in [6.45, 7) is 6.26. The van der Waals surface area contributed by atoms with Crippen molar-refractivity contribution in [3.8, 4) is 0 Å². The lowest BCUT2D eigenvalue weighted by Crippen LogP contribution is -2.53. The quantitative estimate of drug-likeness (QED) is 0.761. The molecule has 0 aromatic rings. The van der Waals surface area contributed by atoms with Gasteiger partial charge in [-0.1, -0.05) is 19.4 Å². The average molecular weight is 358 g/mol. The first-order chi connectivity index (χ1) is 12.2. The summed E-state index contributed by atoms with van der Waals surface area (Å²) in [6.07, 6.45) is 9.21. The normalized spacial score (nSPS) is 45.7. The Kier molecular flexibility index (Phi) is 3.91. The summed E-state index contributed by atoms with van der Waals surface area (Å²) in [7, 11) is 0. The number of allylic oxidation sites excluding steroid dienone is 3. The maximum atomic E-state index is 12.9. The van der Waals surface area contributed by atoms with Crippen LogP contribution in [-0.2, 0) is 9.59 Å². The van der Waals surface area contributed by atoms with Crippen LogP contribution >= 0.6 is 0 Å². The fourth-order valence-electron chi connectivity index (χ4n) is 7.33. The first kappa shape index (κ1) is 17.8. The molecule has 0 amide bonds. The van der Waals surface area contributed by atoms with Gasteiger partial charge in [-0.3, -0.25) is 9.59 Å². The van der Waals surface area contributed by atoms with Crippen LogP contribution in [0.2, 0.25) is 0 Å². The Morgan fingerprint density at radius 2 is 1.88 bits per heavy atom. The van der Waals surface area contributed by atoms with Gasteiger partial charge in [-0.05, 0) is 80.6 Å². The van der Waals surface area contributed by atoms with Gasteiger partial charge in [0, 0.05) is 6.08 Å². The molecule has 0 spiro atoms. The highest BCUT2D eigenvalue weighted by molar-refractivity contribution is 5.99. The molecular formula is C22H30O4. The molecule has 0 saturated heterocycles. The molecule has 4 rings (SSSR count). The molecule has 0 radical (unpaired) electrons. The van der Waals surface area contributed by atoms with Crippen LogP contribution in [0.4, 0.5) is 0 Å². The van der Waals surface area contributed by atoms with Crippen LogP contribution in [0.5, 0.6) is 0 Å². The smallest absolute Gasteiger partial charge is 0.306 e. The van der Waals surface area contributed by atoms with Crippen molar-refractivity contribution in [2.45, 2.75) is 59.3 Å². The highest BCUT2D eigenvalue weighted by atomic mass is 16.4. The molecular weight excluding hydrogens is 328 g/mol. The van der Waals surface area contributed by atoms with Crippen LogP contribution in [0.25, 0.3) is 0 Å². The van der Waals surface area contributed by atoms with Gasteiger partial charge in [-0.15, -0.1) is 0 Å². The highest BCUT2D eigenvalue weighted by Gasteiger charge is 2.61. The van der Waals surface area contributed by atoms with Crippen molar-refractivity contribution < 1.29 is 19.8 Å². The van der Waals surface area contributed by atoms with Gasteiger partial charge in [0.2, 0.25) is 0 Å². The topological polar surface area (TPSA) is 74.6 Å². The SMILES string of the molecule is CC(C(=O)O)[C@H]1CC[C@H]2[C@@H]3CCC4=CC(O)=CC(=O)[C@]4(C)[C@H]3CC[C@]12C. The van der Waals surface area contributed by atoms with E-state index in [4.69, 9.17) is 0 Å². The molecule has 0 aromatic heterocycles. The number of carbonyl (C=O) groups is 2. The molecule has 0 bridgehead atoms. The lowest BCUT2D eigenvalue weighted by Gasteiger charge is -2.57. The zero-order valence-corrected chi connectivity index (χ0v) is 16.0. The van der Waals surface area contributed by atoms with E-state index in [0.717, 1.165) is 44.1 Å². The molecule has 142 valence electrons. The Morgan fingerprint density at radius 3 is 2.58 bits per heavy atom. The molecule has 4 aliphatic carbocycles. The van der Waals surface area contributed by atoms with Crippen LogP contribution in [0.3, 0.4) is 0 Å². The third-order valence-corrected chi connectivity index (χ3v) is 8.77. The number of aliphatic hydroxyl groups excluding tert-OH is 1. The summed E-state index contributed by atoms with van der Waals surface area (Å²) in [5.41, 5.74) is 0.694. The number of carboxylic acids is 1. The zero-order valence-electron chi connectivity index (χ0n) is 16.0. The Labute approximate surface area is 155 Å². The van der Waals surface area contributed by atoms with Gasteiger partial charge in [0.25, 0.3) is 0 Å². The minimum absolute atomic E-state index is 0.0549. The maximum absolute atomic E-state index is 12.9. The second-order valence-electron chi connectivity index (χ2n) is 9.58. The van der Waals surface area contributed by atoms with E-state index in [1.54, 1.807) is 0 Å². The predicted octanol–water partition coefficient (Wildman–Crippen LogP) is 4.52. The van der Waals surface area contributed by atoms with E-state index in [1.165, 1.54) is 6.08 Å². The van der Waals surface area contributed by atoms with Crippen molar-refractivity contribution in [1.29, 1.82) is 0 Å². The zero-order chi connectivity index (χ0) is 18.9. The number of carboxylic acid groups (broad SMARTS) is 1. The van der Waals surface area contributed by atoms with Gasteiger partial charge in [-0.2, -0.15) is 0 Å². The second-order valence-corrected chi connectivity index (χ2v) is 9.58. The van der Waals surface area contributed by atoms with Crippen molar-refractivity contribution in [2.75, 3.05) is 0 Å². The highest BCUT2D eigenvalue weighted by Crippen LogP contribution is 2.66. The summed E-state index contributed by atoms with van der Waals surface area (Å²) in [4.78, 5) is 24.5. The molecule has 3 fully saturated rings. The van der Waals surface area contributed by atoms with E-state index >= 15 is 0 Å².